The summed E-state index contributed by atoms with van der Waals surface area (Å²) in [5, 5.41) is 14.2. The number of carbonyl (C=O) groups is 3. The number of aromatic nitrogens is 1. The highest BCUT2D eigenvalue weighted by atomic mass is 19.4. The number of rotatable bonds is 5. The predicted molar refractivity (Wildman–Crippen MR) is 118 cm³/mol. The molecule has 1 amide bonds. The summed E-state index contributed by atoms with van der Waals surface area (Å²) in [5.41, 5.74) is 1.07. The molecule has 2 aliphatic rings. The number of likely N-dealkylation sites (tertiary alicyclic amines) is 2. The maximum Gasteiger partial charge on any atom is 0.490 e. The number of pyridine rings is 1. The summed E-state index contributed by atoms with van der Waals surface area (Å²) in [5.74, 6) is -4.71. The van der Waals surface area contributed by atoms with Gasteiger partial charge in [-0.15, -0.1) is 0 Å². The zero-order valence-electron chi connectivity index (χ0n) is 20.5. The van der Waals surface area contributed by atoms with Crippen LogP contribution in [0.2, 0.25) is 0 Å². The van der Waals surface area contributed by atoms with Crippen molar-refractivity contribution in [3.63, 3.8) is 0 Å². The molecule has 1 spiro atoms. The standard InChI is InChI=1S/C18H28N4O.2C2HF3O2/c1-15-12-21(13-16-5-4-7-19-11-16)14-18(15)6-8-22(17(18)23)10-9-20(2)3;2*3-2(4,5)1(6)7/h4-5,7,11,15H,6,8-10,12-14H2,1-3H3;2*(H,6,7)/t15-,18-;;/m1../s1. The van der Waals surface area contributed by atoms with Gasteiger partial charge in [-0.3, -0.25) is 14.7 Å². The molecule has 0 bridgehead atoms. The van der Waals surface area contributed by atoms with Gasteiger partial charge < -0.3 is 20.0 Å². The van der Waals surface area contributed by atoms with Crippen LogP contribution < -0.4 is 0 Å². The first-order valence-corrected chi connectivity index (χ1v) is 11.1. The fraction of sp³-hybridized carbons (Fsp3) is 0.636. The summed E-state index contributed by atoms with van der Waals surface area (Å²) in [4.78, 5) is 41.6. The van der Waals surface area contributed by atoms with E-state index in [1.807, 2.05) is 12.3 Å². The predicted octanol–water partition coefficient (Wildman–Crippen LogP) is 2.58. The fourth-order valence-corrected chi connectivity index (χ4v) is 4.05. The number of nitrogens with zero attached hydrogens (tertiary/aromatic N) is 4. The largest absolute Gasteiger partial charge is 0.490 e. The van der Waals surface area contributed by atoms with Crippen molar-refractivity contribution in [2.75, 3.05) is 46.8 Å². The number of hydrogen-bond acceptors (Lipinski definition) is 6. The van der Waals surface area contributed by atoms with Gasteiger partial charge in [-0.25, -0.2) is 9.59 Å². The highest BCUT2D eigenvalue weighted by molar-refractivity contribution is 5.86. The molecule has 3 rings (SSSR count). The van der Waals surface area contributed by atoms with Gasteiger partial charge in [-0.1, -0.05) is 13.0 Å². The van der Waals surface area contributed by atoms with E-state index in [1.54, 1.807) is 6.20 Å². The minimum Gasteiger partial charge on any atom is -0.475 e. The van der Waals surface area contributed by atoms with E-state index in [-0.39, 0.29) is 5.41 Å². The molecular weight excluding hydrogens is 514 g/mol. The molecular formula is C22H30F6N4O5. The number of alkyl halides is 6. The molecule has 2 N–H and O–H groups in total. The van der Waals surface area contributed by atoms with Gasteiger partial charge in [0.1, 0.15) is 0 Å². The summed E-state index contributed by atoms with van der Waals surface area (Å²) in [6.07, 6.45) is -5.43. The Kier molecular flexibility index (Phi) is 11.3. The van der Waals surface area contributed by atoms with Crippen molar-refractivity contribution in [1.82, 2.24) is 19.7 Å². The van der Waals surface area contributed by atoms with Crippen molar-refractivity contribution < 1.29 is 50.9 Å². The molecule has 1 aromatic heterocycles. The van der Waals surface area contributed by atoms with E-state index in [2.05, 4.69) is 46.8 Å². The zero-order chi connectivity index (χ0) is 28.6. The van der Waals surface area contributed by atoms with Gasteiger partial charge in [0.05, 0.1) is 5.41 Å². The Morgan fingerprint density at radius 2 is 1.68 bits per heavy atom. The summed E-state index contributed by atoms with van der Waals surface area (Å²) in [6, 6.07) is 4.09. The molecule has 0 aromatic carbocycles. The van der Waals surface area contributed by atoms with Gasteiger partial charge >= 0.3 is 24.3 Å². The van der Waals surface area contributed by atoms with Crippen molar-refractivity contribution in [1.29, 1.82) is 0 Å². The molecule has 2 saturated heterocycles. The van der Waals surface area contributed by atoms with E-state index in [4.69, 9.17) is 19.8 Å². The van der Waals surface area contributed by atoms with E-state index in [1.165, 1.54) is 5.56 Å². The highest BCUT2D eigenvalue weighted by Crippen LogP contribution is 2.44. The molecule has 0 radical (unpaired) electrons. The lowest BCUT2D eigenvalue weighted by Crippen LogP contribution is -2.41. The van der Waals surface area contributed by atoms with E-state index < -0.39 is 24.3 Å². The van der Waals surface area contributed by atoms with E-state index in [0.717, 1.165) is 45.7 Å². The fourth-order valence-electron chi connectivity index (χ4n) is 4.05. The van der Waals surface area contributed by atoms with Crippen LogP contribution in [0.15, 0.2) is 24.5 Å². The van der Waals surface area contributed by atoms with Gasteiger partial charge in [0.25, 0.3) is 0 Å². The van der Waals surface area contributed by atoms with E-state index in [9.17, 15) is 31.1 Å². The average molecular weight is 544 g/mol. The van der Waals surface area contributed by atoms with Gasteiger partial charge in [0.2, 0.25) is 5.91 Å². The normalized spacial score (nSPS) is 21.9. The molecule has 9 nitrogen and oxygen atoms in total. The first-order chi connectivity index (χ1) is 16.9. The smallest absolute Gasteiger partial charge is 0.475 e. The Bertz CT molecular complexity index is 889. The van der Waals surface area contributed by atoms with Crippen molar-refractivity contribution in [2.24, 2.45) is 11.3 Å². The third kappa shape index (κ3) is 9.80. The summed E-state index contributed by atoms with van der Waals surface area (Å²) in [6.45, 7) is 7.74. The first kappa shape index (κ1) is 32.1. The molecule has 2 atom stereocenters. The lowest BCUT2D eigenvalue weighted by Gasteiger charge is -2.27. The molecule has 0 aliphatic carbocycles. The van der Waals surface area contributed by atoms with Crippen LogP contribution in [0.1, 0.15) is 18.9 Å². The Morgan fingerprint density at radius 3 is 2.11 bits per heavy atom. The van der Waals surface area contributed by atoms with Gasteiger partial charge in [0.15, 0.2) is 0 Å². The van der Waals surface area contributed by atoms with Gasteiger partial charge in [-0.05, 0) is 38.1 Å². The van der Waals surface area contributed by atoms with Crippen molar-refractivity contribution in [2.45, 2.75) is 32.2 Å². The molecule has 3 heterocycles. The monoisotopic (exact) mass is 544 g/mol. The molecule has 0 unspecified atom stereocenters. The van der Waals surface area contributed by atoms with Crippen LogP contribution in [0.3, 0.4) is 0 Å². The van der Waals surface area contributed by atoms with Crippen LogP contribution in [0.4, 0.5) is 26.3 Å². The lowest BCUT2D eigenvalue weighted by atomic mass is 9.78. The number of hydrogen-bond donors (Lipinski definition) is 2. The second-order valence-electron chi connectivity index (χ2n) is 9.04. The summed E-state index contributed by atoms with van der Waals surface area (Å²) in [7, 11) is 4.12. The van der Waals surface area contributed by atoms with E-state index >= 15 is 0 Å². The molecule has 0 saturated carbocycles. The number of carbonyl (C=O) groups excluding carboxylic acids is 1. The molecule has 15 heteroatoms. The number of carboxylic acids is 2. The first-order valence-electron chi connectivity index (χ1n) is 11.1. The van der Waals surface area contributed by atoms with Crippen LogP contribution in [0.5, 0.6) is 0 Å². The van der Waals surface area contributed by atoms with Gasteiger partial charge in [-0.2, -0.15) is 26.3 Å². The van der Waals surface area contributed by atoms with Gasteiger partial charge in [0, 0.05) is 51.7 Å². The molecule has 210 valence electrons. The number of likely N-dealkylation sites (N-methyl/N-ethyl adjacent to an activating group) is 1. The minimum absolute atomic E-state index is 0.158. The summed E-state index contributed by atoms with van der Waals surface area (Å²) < 4.78 is 63.5. The topological polar surface area (TPSA) is 114 Å². The average Bonchev–Trinajstić information content (AvgIpc) is 3.26. The molecule has 37 heavy (non-hydrogen) atoms. The quantitative estimate of drug-likeness (QED) is 0.544. The molecule has 1 aromatic rings. The number of amides is 1. The van der Waals surface area contributed by atoms with Crippen molar-refractivity contribution >= 4 is 17.8 Å². The second kappa shape index (κ2) is 13.0. The molecule has 2 fully saturated rings. The highest BCUT2D eigenvalue weighted by Gasteiger charge is 2.54. The lowest BCUT2D eigenvalue weighted by molar-refractivity contribution is -0.193. The van der Waals surface area contributed by atoms with Crippen LogP contribution in [0, 0.1) is 11.3 Å². The zero-order valence-corrected chi connectivity index (χ0v) is 20.5. The van der Waals surface area contributed by atoms with E-state index in [0.29, 0.717) is 11.8 Å². The Balaban J connectivity index is 0.000000404. The SMILES string of the molecule is C[C@@H]1CN(Cc2cccnc2)C[C@]12CCN(CCN(C)C)C2=O.O=C(O)C(F)(F)F.O=C(O)C(F)(F)F. The molecule has 2 aliphatic heterocycles. The maximum atomic E-state index is 13.0. The minimum atomic E-state index is -5.08. The second-order valence-corrected chi connectivity index (χ2v) is 9.04. The van der Waals surface area contributed by atoms with Crippen LogP contribution in [-0.4, -0.2) is 107 Å². The Morgan fingerprint density at radius 1 is 1.14 bits per heavy atom. The number of carboxylic acid groups (broad SMARTS) is 2. The van der Waals surface area contributed by atoms with Crippen LogP contribution in [0.25, 0.3) is 0 Å². The summed E-state index contributed by atoms with van der Waals surface area (Å²) >= 11 is 0. The van der Waals surface area contributed by atoms with Crippen LogP contribution >= 0.6 is 0 Å². The Labute approximate surface area is 209 Å². The third-order valence-electron chi connectivity index (χ3n) is 5.95. The Hall–Kier alpha value is -2.94. The van der Waals surface area contributed by atoms with Crippen molar-refractivity contribution in [3.05, 3.63) is 30.1 Å². The number of halogens is 6. The third-order valence-corrected chi connectivity index (χ3v) is 5.95. The number of aliphatic carboxylic acids is 2. The van der Waals surface area contributed by atoms with Crippen LogP contribution in [-0.2, 0) is 20.9 Å². The van der Waals surface area contributed by atoms with Crippen molar-refractivity contribution in [3.8, 4) is 0 Å². The maximum absolute atomic E-state index is 13.0.